The van der Waals surface area contributed by atoms with Gasteiger partial charge in [-0.3, -0.25) is 9.69 Å². The van der Waals surface area contributed by atoms with Crippen LogP contribution in [0.15, 0.2) is 52.2 Å². The third-order valence-corrected chi connectivity index (χ3v) is 5.68. The van der Waals surface area contributed by atoms with Gasteiger partial charge in [-0.05, 0) is 31.5 Å². The van der Waals surface area contributed by atoms with Gasteiger partial charge in [-0.1, -0.05) is 29.8 Å². The fraction of sp³-hybridized carbons (Fsp3) is 0.435. The molecule has 0 aliphatic carbocycles. The number of carbonyl (C=O) groups excluding carboxylic acids is 2. The quantitative estimate of drug-likeness (QED) is 0.737. The van der Waals surface area contributed by atoms with Crippen LogP contribution >= 0.6 is 0 Å². The maximum Gasteiger partial charge on any atom is 0.409 e. The summed E-state index contributed by atoms with van der Waals surface area (Å²) in [5.74, 6) is 0.652. The average Bonchev–Trinajstić information content (AvgIpc) is 3.45. The molecule has 1 saturated heterocycles. The normalized spacial score (nSPS) is 19.4. The van der Waals surface area contributed by atoms with E-state index in [-0.39, 0.29) is 24.6 Å². The minimum atomic E-state index is -0.293. The minimum absolute atomic E-state index is 0.0758. The first-order chi connectivity index (χ1) is 15.0. The lowest BCUT2D eigenvalue weighted by Gasteiger charge is -2.34. The van der Waals surface area contributed by atoms with Crippen LogP contribution in [0.1, 0.15) is 36.3 Å². The Bertz CT molecular complexity index is 931. The van der Waals surface area contributed by atoms with Gasteiger partial charge >= 0.3 is 6.09 Å². The van der Waals surface area contributed by atoms with Crippen LogP contribution in [0.5, 0.6) is 0 Å². The third-order valence-electron chi connectivity index (χ3n) is 5.68. The summed E-state index contributed by atoms with van der Waals surface area (Å²) < 4.78 is 10.7. The smallest absolute Gasteiger partial charge is 0.409 e. The van der Waals surface area contributed by atoms with E-state index in [2.05, 4.69) is 10.0 Å². The first-order valence-corrected chi connectivity index (χ1v) is 10.7. The van der Waals surface area contributed by atoms with Gasteiger partial charge in [0, 0.05) is 32.6 Å². The second-order valence-corrected chi connectivity index (χ2v) is 7.85. The molecule has 8 heteroatoms. The summed E-state index contributed by atoms with van der Waals surface area (Å²) >= 11 is 0. The number of hydrogen-bond donors (Lipinski definition) is 0. The van der Waals surface area contributed by atoms with Gasteiger partial charge in [-0.2, -0.15) is 5.10 Å². The van der Waals surface area contributed by atoms with Crippen LogP contribution in [-0.2, 0) is 9.53 Å². The molecule has 0 saturated carbocycles. The molecule has 2 amide bonds. The predicted octanol–water partition coefficient (Wildman–Crippen LogP) is 3.04. The summed E-state index contributed by atoms with van der Waals surface area (Å²) in [6, 6.07) is 11.6. The van der Waals surface area contributed by atoms with Crippen molar-refractivity contribution >= 4 is 17.7 Å². The Labute approximate surface area is 182 Å². The van der Waals surface area contributed by atoms with Gasteiger partial charge in [0.15, 0.2) is 0 Å². The van der Waals surface area contributed by atoms with Gasteiger partial charge in [0.2, 0.25) is 0 Å². The zero-order valence-electron chi connectivity index (χ0n) is 18.0. The van der Waals surface area contributed by atoms with Gasteiger partial charge < -0.3 is 14.1 Å². The summed E-state index contributed by atoms with van der Waals surface area (Å²) in [7, 11) is 0. The number of benzene rings is 1. The fourth-order valence-corrected chi connectivity index (χ4v) is 3.93. The summed E-state index contributed by atoms with van der Waals surface area (Å²) in [6.45, 7) is 6.79. The molecule has 2 aromatic rings. The van der Waals surface area contributed by atoms with E-state index in [0.29, 0.717) is 39.2 Å². The molecule has 4 rings (SSSR count). The highest BCUT2D eigenvalue weighted by Gasteiger charge is 2.36. The molecule has 3 heterocycles. The Morgan fingerprint density at radius 1 is 1.13 bits per heavy atom. The van der Waals surface area contributed by atoms with Gasteiger partial charge in [-0.15, -0.1) is 0 Å². The summed E-state index contributed by atoms with van der Waals surface area (Å²) in [5, 5.41) is 6.25. The van der Waals surface area contributed by atoms with Gasteiger partial charge in [0.1, 0.15) is 11.8 Å². The Morgan fingerprint density at radius 2 is 1.87 bits per heavy atom. The molecular weight excluding hydrogens is 396 g/mol. The van der Waals surface area contributed by atoms with Crippen LogP contribution in [0.25, 0.3) is 0 Å². The molecule has 1 atom stereocenters. The van der Waals surface area contributed by atoms with Crippen molar-refractivity contribution in [2.24, 2.45) is 5.10 Å². The zero-order valence-corrected chi connectivity index (χ0v) is 18.0. The van der Waals surface area contributed by atoms with Gasteiger partial charge in [-0.25, -0.2) is 9.80 Å². The maximum absolute atomic E-state index is 13.2. The highest BCUT2D eigenvalue weighted by Crippen LogP contribution is 2.33. The van der Waals surface area contributed by atoms with E-state index < -0.39 is 0 Å². The number of hydrogen-bond acceptors (Lipinski definition) is 6. The van der Waals surface area contributed by atoms with Gasteiger partial charge in [0.25, 0.3) is 5.91 Å². The largest absolute Gasteiger partial charge is 0.467 e. The molecule has 0 radical (unpaired) electrons. The van der Waals surface area contributed by atoms with E-state index in [1.165, 1.54) is 5.56 Å². The molecule has 0 bridgehead atoms. The van der Waals surface area contributed by atoms with Crippen LogP contribution in [0, 0.1) is 6.92 Å². The maximum atomic E-state index is 13.2. The summed E-state index contributed by atoms with van der Waals surface area (Å²) in [4.78, 5) is 28.8. The number of rotatable bonds is 5. The standard InChI is InChI=1S/C23H28N4O4/c1-3-30-23(29)26-12-10-25(11-13-26)16-22(28)27-20(21-5-4-14-31-21)15-19(24-27)18-8-6-17(2)7-9-18/h4-9,14,20H,3,10-13,15-16H2,1-2H3/t20-/m1/s1. The Morgan fingerprint density at radius 3 is 2.52 bits per heavy atom. The van der Waals surface area contributed by atoms with Crippen LogP contribution in [0.4, 0.5) is 4.79 Å². The van der Waals surface area contributed by atoms with E-state index in [0.717, 1.165) is 17.0 Å². The molecular formula is C23H28N4O4. The number of ether oxygens (including phenoxy) is 1. The van der Waals surface area contributed by atoms with Gasteiger partial charge in [0.05, 0.1) is 25.1 Å². The van der Waals surface area contributed by atoms with Crippen molar-refractivity contribution in [3.63, 3.8) is 0 Å². The molecule has 1 aromatic carbocycles. The number of furan rings is 1. The molecule has 31 heavy (non-hydrogen) atoms. The topological polar surface area (TPSA) is 78.6 Å². The van der Waals surface area contributed by atoms with E-state index in [1.54, 1.807) is 23.1 Å². The van der Waals surface area contributed by atoms with Crippen LogP contribution in [-0.4, -0.2) is 71.9 Å². The number of nitrogens with zero attached hydrogens (tertiary/aromatic N) is 4. The number of piperazine rings is 1. The minimum Gasteiger partial charge on any atom is -0.467 e. The van der Waals surface area contributed by atoms with Crippen molar-refractivity contribution in [2.45, 2.75) is 26.3 Å². The third kappa shape index (κ3) is 4.80. The monoisotopic (exact) mass is 424 g/mol. The van der Waals surface area contributed by atoms with Crippen LogP contribution in [0.3, 0.4) is 0 Å². The average molecular weight is 425 g/mol. The van der Waals surface area contributed by atoms with Crippen molar-refractivity contribution in [1.82, 2.24) is 14.8 Å². The van der Waals surface area contributed by atoms with Crippen molar-refractivity contribution in [3.05, 3.63) is 59.5 Å². The summed E-state index contributed by atoms with van der Waals surface area (Å²) in [6.07, 6.45) is 1.94. The van der Waals surface area contributed by atoms with Crippen LogP contribution < -0.4 is 0 Å². The molecule has 2 aliphatic rings. The Hall–Kier alpha value is -3.13. The van der Waals surface area contributed by atoms with Crippen LogP contribution in [0.2, 0.25) is 0 Å². The lowest BCUT2D eigenvalue weighted by Crippen LogP contribution is -2.51. The molecule has 0 spiro atoms. The van der Waals surface area contributed by atoms with E-state index in [9.17, 15) is 9.59 Å². The molecule has 0 N–H and O–H groups in total. The molecule has 1 fully saturated rings. The van der Waals surface area contributed by atoms with Crippen molar-refractivity contribution < 1.29 is 18.7 Å². The first kappa shape index (κ1) is 21.1. The Balaban J connectivity index is 1.44. The zero-order chi connectivity index (χ0) is 21.8. The molecule has 164 valence electrons. The fourth-order valence-electron chi connectivity index (χ4n) is 3.93. The second-order valence-electron chi connectivity index (χ2n) is 7.85. The predicted molar refractivity (Wildman–Crippen MR) is 116 cm³/mol. The molecule has 2 aliphatic heterocycles. The molecule has 8 nitrogen and oxygen atoms in total. The lowest BCUT2D eigenvalue weighted by atomic mass is 10.0. The van der Waals surface area contributed by atoms with E-state index >= 15 is 0 Å². The summed E-state index contributed by atoms with van der Waals surface area (Å²) in [5.41, 5.74) is 3.07. The van der Waals surface area contributed by atoms with Crippen molar-refractivity contribution in [2.75, 3.05) is 39.3 Å². The Kier molecular flexibility index (Phi) is 6.36. The first-order valence-electron chi connectivity index (χ1n) is 10.7. The van der Waals surface area contributed by atoms with E-state index in [4.69, 9.17) is 9.15 Å². The number of hydrazone groups is 1. The molecule has 1 aromatic heterocycles. The lowest BCUT2D eigenvalue weighted by molar-refractivity contribution is -0.135. The van der Waals surface area contributed by atoms with E-state index in [1.807, 2.05) is 43.3 Å². The van der Waals surface area contributed by atoms with Crippen molar-refractivity contribution in [3.8, 4) is 0 Å². The van der Waals surface area contributed by atoms with Crippen molar-refractivity contribution in [1.29, 1.82) is 0 Å². The highest BCUT2D eigenvalue weighted by molar-refractivity contribution is 6.03. The molecule has 0 unspecified atom stereocenters. The SMILES string of the molecule is CCOC(=O)N1CCN(CC(=O)N2N=C(c3ccc(C)cc3)C[C@@H]2c2ccco2)CC1. The number of carbonyl (C=O) groups is 2. The number of amides is 2. The second kappa shape index (κ2) is 9.34. The highest BCUT2D eigenvalue weighted by atomic mass is 16.6. The number of aryl methyl sites for hydroxylation is 1.